The first-order valence-electron chi connectivity index (χ1n) is 6.59. The fourth-order valence-electron chi connectivity index (χ4n) is 2.72. The molecule has 1 fully saturated rings. The third kappa shape index (κ3) is 2.50. The number of aromatic hydroxyl groups is 1. The molecule has 1 amide bonds. The molecule has 98 valence electrons. The first-order chi connectivity index (χ1) is 8.49. The van der Waals surface area contributed by atoms with Gasteiger partial charge in [0.25, 0.3) is 5.91 Å². The summed E-state index contributed by atoms with van der Waals surface area (Å²) in [5.74, 6) is 1.38. The predicted octanol–water partition coefficient (Wildman–Crippen LogP) is 2.87. The minimum absolute atomic E-state index is 0.0292. The molecule has 1 aromatic carbocycles. The number of hydrogen-bond donors (Lipinski definition) is 2. The van der Waals surface area contributed by atoms with Gasteiger partial charge in [0.05, 0.1) is 0 Å². The first-order valence-corrected chi connectivity index (χ1v) is 6.59. The number of carbonyl (C=O) groups is 1. The van der Waals surface area contributed by atoms with Crippen molar-refractivity contribution in [2.45, 2.75) is 39.7 Å². The maximum atomic E-state index is 12.2. The molecule has 3 atom stereocenters. The Kier molecular flexibility index (Phi) is 3.60. The second kappa shape index (κ2) is 5.01. The molecule has 2 N–H and O–H groups in total. The fourth-order valence-corrected chi connectivity index (χ4v) is 2.72. The van der Waals surface area contributed by atoms with Gasteiger partial charge < -0.3 is 10.4 Å². The molecule has 1 aliphatic carbocycles. The van der Waals surface area contributed by atoms with Crippen LogP contribution in [0, 0.1) is 18.8 Å². The maximum Gasteiger partial charge on any atom is 0.251 e. The topological polar surface area (TPSA) is 49.3 Å². The monoisotopic (exact) mass is 247 g/mol. The van der Waals surface area contributed by atoms with Gasteiger partial charge in [0.2, 0.25) is 0 Å². The highest BCUT2D eigenvalue weighted by Gasteiger charge is 2.31. The molecule has 0 aliphatic heterocycles. The van der Waals surface area contributed by atoms with Gasteiger partial charge in [-0.15, -0.1) is 0 Å². The Hall–Kier alpha value is -1.51. The van der Waals surface area contributed by atoms with Crippen LogP contribution in [-0.2, 0) is 0 Å². The van der Waals surface area contributed by atoms with Crippen LogP contribution in [0.3, 0.4) is 0 Å². The summed E-state index contributed by atoms with van der Waals surface area (Å²) >= 11 is 0. The number of benzene rings is 1. The first kappa shape index (κ1) is 12.9. The molecule has 0 aromatic heterocycles. The van der Waals surface area contributed by atoms with E-state index < -0.39 is 0 Å². The van der Waals surface area contributed by atoms with Gasteiger partial charge in [0.1, 0.15) is 5.75 Å². The Morgan fingerprint density at radius 2 is 2.06 bits per heavy atom. The Morgan fingerprint density at radius 3 is 2.61 bits per heavy atom. The molecule has 0 bridgehead atoms. The van der Waals surface area contributed by atoms with E-state index in [4.69, 9.17) is 0 Å². The fraction of sp³-hybridized carbons (Fsp3) is 0.533. The number of hydrogen-bond acceptors (Lipinski definition) is 2. The number of rotatable bonds is 2. The summed E-state index contributed by atoms with van der Waals surface area (Å²) in [7, 11) is 0. The van der Waals surface area contributed by atoms with Crippen LogP contribution < -0.4 is 5.32 Å². The van der Waals surface area contributed by atoms with E-state index in [9.17, 15) is 9.90 Å². The average Bonchev–Trinajstić information content (AvgIpc) is 2.61. The van der Waals surface area contributed by atoms with Crippen LogP contribution in [0.5, 0.6) is 5.75 Å². The minimum Gasteiger partial charge on any atom is -0.508 e. The molecule has 0 spiro atoms. The quantitative estimate of drug-likeness (QED) is 0.844. The summed E-state index contributed by atoms with van der Waals surface area (Å²) in [6.07, 6.45) is 2.24. The zero-order valence-corrected chi connectivity index (χ0v) is 11.2. The van der Waals surface area contributed by atoms with Crippen LogP contribution in [-0.4, -0.2) is 17.1 Å². The molecule has 1 aromatic rings. The van der Waals surface area contributed by atoms with Crippen molar-refractivity contribution in [3.05, 3.63) is 29.3 Å². The molecule has 0 heterocycles. The van der Waals surface area contributed by atoms with Crippen molar-refractivity contribution < 1.29 is 9.90 Å². The van der Waals surface area contributed by atoms with Crippen LogP contribution in [0.2, 0.25) is 0 Å². The van der Waals surface area contributed by atoms with Gasteiger partial charge in [-0.25, -0.2) is 0 Å². The van der Waals surface area contributed by atoms with Crippen LogP contribution in [0.1, 0.15) is 42.6 Å². The Labute approximate surface area is 108 Å². The van der Waals surface area contributed by atoms with Crippen molar-refractivity contribution in [1.82, 2.24) is 5.32 Å². The van der Waals surface area contributed by atoms with Crippen LogP contribution in [0.25, 0.3) is 0 Å². The van der Waals surface area contributed by atoms with Gasteiger partial charge >= 0.3 is 0 Å². The minimum atomic E-state index is -0.0292. The standard InChI is InChI=1S/C15H21NO2/c1-9-4-7-14(11(9)3)16-15(18)13-6-5-12(17)8-10(13)2/h5-6,8-9,11,14,17H,4,7H2,1-3H3,(H,16,18). The van der Waals surface area contributed by atoms with Crippen molar-refractivity contribution in [3.63, 3.8) is 0 Å². The molecule has 18 heavy (non-hydrogen) atoms. The van der Waals surface area contributed by atoms with E-state index in [1.54, 1.807) is 18.2 Å². The number of aryl methyl sites for hydroxylation is 1. The summed E-state index contributed by atoms with van der Waals surface area (Å²) in [6.45, 7) is 6.28. The van der Waals surface area contributed by atoms with Gasteiger partial charge in [-0.1, -0.05) is 13.8 Å². The number of nitrogens with one attached hydrogen (secondary N) is 1. The normalized spacial score (nSPS) is 27.2. The summed E-state index contributed by atoms with van der Waals surface area (Å²) in [6, 6.07) is 5.14. The van der Waals surface area contributed by atoms with Gasteiger partial charge in [0.15, 0.2) is 0 Å². The van der Waals surface area contributed by atoms with E-state index in [1.165, 1.54) is 6.42 Å². The highest BCUT2D eigenvalue weighted by atomic mass is 16.3. The van der Waals surface area contributed by atoms with Crippen LogP contribution in [0.15, 0.2) is 18.2 Å². The van der Waals surface area contributed by atoms with E-state index in [-0.39, 0.29) is 17.7 Å². The van der Waals surface area contributed by atoms with E-state index in [0.717, 1.165) is 12.0 Å². The molecular weight excluding hydrogens is 226 g/mol. The van der Waals surface area contributed by atoms with E-state index in [2.05, 4.69) is 19.2 Å². The molecule has 2 rings (SSSR count). The summed E-state index contributed by atoms with van der Waals surface area (Å²) in [4.78, 5) is 12.2. The van der Waals surface area contributed by atoms with E-state index >= 15 is 0 Å². The van der Waals surface area contributed by atoms with Gasteiger partial charge in [0, 0.05) is 11.6 Å². The predicted molar refractivity (Wildman–Crippen MR) is 71.7 cm³/mol. The van der Waals surface area contributed by atoms with Crippen molar-refractivity contribution in [3.8, 4) is 5.75 Å². The Morgan fingerprint density at radius 1 is 1.33 bits per heavy atom. The largest absolute Gasteiger partial charge is 0.508 e. The van der Waals surface area contributed by atoms with Gasteiger partial charge in [-0.05, 0) is 55.4 Å². The van der Waals surface area contributed by atoms with Crippen molar-refractivity contribution in [2.75, 3.05) is 0 Å². The lowest BCUT2D eigenvalue weighted by atomic mass is 9.97. The zero-order chi connectivity index (χ0) is 13.3. The lowest BCUT2D eigenvalue weighted by molar-refractivity contribution is 0.0927. The third-order valence-electron chi connectivity index (χ3n) is 4.24. The van der Waals surface area contributed by atoms with Gasteiger partial charge in [-0.2, -0.15) is 0 Å². The second-order valence-corrected chi connectivity index (χ2v) is 5.49. The van der Waals surface area contributed by atoms with Crippen molar-refractivity contribution in [2.24, 2.45) is 11.8 Å². The highest BCUT2D eigenvalue weighted by molar-refractivity contribution is 5.96. The number of carbonyl (C=O) groups excluding carboxylic acids is 1. The zero-order valence-electron chi connectivity index (χ0n) is 11.2. The van der Waals surface area contributed by atoms with E-state index in [0.29, 0.717) is 17.4 Å². The highest BCUT2D eigenvalue weighted by Crippen LogP contribution is 2.31. The van der Waals surface area contributed by atoms with Crippen molar-refractivity contribution >= 4 is 5.91 Å². The molecular formula is C15H21NO2. The smallest absolute Gasteiger partial charge is 0.251 e. The average molecular weight is 247 g/mol. The number of phenolic OH excluding ortho intramolecular Hbond substituents is 1. The number of amides is 1. The maximum absolute atomic E-state index is 12.2. The Bertz CT molecular complexity index is 456. The molecule has 0 radical (unpaired) electrons. The number of phenols is 1. The van der Waals surface area contributed by atoms with Crippen molar-refractivity contribution in [1.29, 1.82) is 0 Å². The third-order valence-corrected chi connectivity index (χ3v) is 4.24. The van der Waals surface area contributed by atoms with E-state index in [1.807, 2.05) is 6.92 Å². The van der Waals surface area contributed by atoms with Crippen LogP contribution in [0.4, 0.5) is 0 Å². The van der Waals surface area contributed by atoms with Crippen LogP contribution >= 0.6 is 0 Å². The Balaban J connectivity index is 2.08. The lowest BCUT2D eigenvalue weighted by Crippen LogP contribution is -2.37. The molecule has 1 saturated carbocycles. The molecule has 1 aliphatic rings. The second-order valence-electron chi connectivity index (χ2n) is 5.49. The molecule has 3 heteroatoms. The summed E-state index contributed by atoms with van der Waals surface area (Å²) in [5, 5.41) is 12.5. The molecule has 0 saturated heterocycles. The lowest BCUT2D eigenvalue weighted by Gasteiger charge is -2.20. The summed E-state index contributed by atoms with van der Waals surface area (Å²) in [5.41, 5.74) is 1.46. The molecule has 3 unspecified atom stereocenters. The summed E-state index contributed by atoms with van der Waals surface area (Å²) < 4.78 is 0. The molecule has 3 nitrogen and oxygen atoms in total. The SMILES string of the molecule is Cc1cc(O)ccc1C(=O)NC1CCC(C)C1C. The van der Waals surface area contributed by atoms with Gasteiger partial charge in [-0.3, -0.25) is 4.79 Å².